The Balaban J connectivity index is 1.69. The summed E-state index contributed by atoms with van der Waals surface area (Å²) in [5.74, 6) is 0.798. The SMILES string of the molecule is O=c1ccc(-c2ccc(OCc3ccccc3)cc2)n[nH]1. The van der Waals surface area contributed by atoms with Gasteiger partial charge >= 0.3 is 0 Å². The van der Waals surface area contributed by atoms with E-state index in [-0.39, 0.29) is 5.56 Å². The molecule has 2 aromatic carbocycles. The molecule has 0 spiro atoms. The van der Waals surface area contributed by atoms with E-state index >= 15 is 0 Å². The molecule has 1 heterocycles. The quantitative estimate of drug-likeness (QED) is 0.798. The van der Waals surface area contributed by atoms with Crippen molar-refractivity contribution in [2.24, 2.45) is 0 Å². The summed E-state index contributed by atoms with van der Waals surface area (Å²) in [6.07, 6.45) is 0. The summed E-state index contributed by atoms with van der Waals surface area (Å²) in [6, 6.07) is 20.8. The summed E-state index contributed by atoms with van der Waals surface area (Å²) in [6.45, 7) is 0.539. The first-order valence-corrected chi connectivity index (χ1v) is 6.64. The minimum absolute atomic E-state index is 0.207. The Morgan fingerprint density at radius 2 is 1.67 bits per heavy atom. The molecule has 0 aliphatic carbocycles. The molecule has 0 unspecified atom stereocenters. The third-order valence-electron chi connectivity index (χ3n) is 3.08. The van der Waals surface area contributed by atoms with E-state index in [0.29, 0.717) is 6.61 Å². The highest BCUT2D eigenvalue weighted by Gasteiger charge is 2.01. The fourth-order valence-corrected chi connectivity index (χ4v) is 1.97. The second-order valence-electron chi connectivity index (χ2n) is 4.61. The van der Waals surface area contributed by atoms with Gasteiger partial charge in [0.25, 0.3) is 5.56 Å². The number of aromatic amines is 1. The molecular formula is C17H14N2O2. The lowest BCUT2D eigenvalue weighted by molar-refractivity contribution is 0.306. The summed E-state index contributed by atoms with van der Waals surface area (Å²) in [5, 5.41) is 6.42. The highest BCUT2D eigenvalue weighted by atomic mass is 16.5. The first kappa shape index (κ1) is 13.1. The van der Waals surface area contributed by atoms with Crippen molar-refractivity contribution in [1.29, 1.82) is 0 Å². The fraction of sp³-hybridized carbons (Fsp3) is 0.0588. The number of ether oxygens (including phenoxy) is 1. The fourth-order valence-electron chi connectivity index (χ4n) is 1.97. The minimum atomic E-state index is -0.207. The number of nitrogens with zero attached hydrogens (tertiary/aromatic N) is 1. The molecule has 0 radical (unpaired) electrons. The van der Waals surface area contributed by atoms with Crippen LogP contribution >= 0.6 is 0 Å². The van der Waals surface area contributed by atoms with Gasteiger partial charge in [-0.3, -0.25) is 4.79 Å². The molecule has 0 bridgehead atoms. The molecule has 0 amide bonds. The smallest absolute Gasteiger partial charge is 0.264 e. The molecule has 0 fully saturated rings. The second-order valence-corrected chi connectivity index (χ2v) is 4.61. The topological polar surface area (TPSA) is 55.0 Å². The zero-order valence-electron chi connectivity index (χ0n) is 11.3. The highest BCUT2D eigenvalue weighted by Crippen LogP contribution is 2.20. The highest BCUT2D eigenvalue weighted by molar-refractivity contribution is 5.59. The second kappa shape index (κ2) is 6.05. The van der Waals surface area contributed by atoms with Crippen LogP contribution in [0.4, 0.5) is 0 Å². The standard InChI is InChI=1S/C17H14N2O2/c20-17-11-10-16(18-19-17)14-6-8-15(9-7-14)21-12-13-4-2-1-3-5-13/h1-11H,12H2,(H,19,20). The lowest BCUT2D eigenvalue weighted by atomic mass is 10.1. The van der Waals surface area contributed by atoms with Gasteiger partial charge in [-0.2, -0.15) is 5.10 Å². The van der Waals surface area contributed by atoms with Gasteiger partial charge in [0.15, 0.2) is 0 Å². The summed E-state index contributed by atoms with van der Waals surface area (Å²) >= 11 is 0. The summed E-state index contributed by atoms with van der Waals surface area (Å²) in [5.41, 5.74) is 2.58. The Morgan fingerprint density at radius 1 is 0.905 bits per heavy atom. The van der Waals surface area contributed by atoms with Crippen LogP contribution in [0.1, 0.15) is 5.56 Å². The molecule has 104 valence electrons. The Morgan fingerprint density at radius 3 is 2.33 bits per heavy atom. The third kappa shape index (κ3) is 3.36. The van der Waals surface area contributed by atoms with Crippen LogP contribution in [0.25, 0.3) is 11.3 Å². The van der Waals surface area contributed by atoms with Gasteiger partial charge in [-0.25, -0.2) is 5.10 Å². The first-order chi connectivity index (χ1) is 10.3. The van der Waals surface area contributed by atoms with Crippen molar-refractivity contribution in [2.45, 2.75) is 6.61 Å². The average molecular weight is 278 g/mol. The van der Waals surface area contributed by atoms with E-state index in [1.165, 1.54) is 6.07 Å². The molecule has 0 aliphatic heterocycles. The van der Waals surface area contributed by atoms with Crippen LogP contribution in [0, 0.1) is 0 Å². The monoisotopic (exact) mass is 278 g/mol. The molecular weight excluding hydrogens is 264 g/mol. The van der Waals surface area contributed by atoms with Gasteiger partial charge in [0.05, 0.1) is 5.69 Å². The van der Waals surface area contributed by atoms with E-state index in [1.54, 1.807) is 6.07 Å². The Labute approximate surface area is 122 Å². The van der Waals surface area contributed by atoms with Crippen LogP contribution in [0.2, 0.25) is 0 Å². The number of aromatic nitrogens is 2. The lowest BCUT2D eigenvalue weighted by Crippen LogP contribution is -2.05. The molecule has 4 heteroatoms. The van der Waals surface area contributed by atoms with Gasteiger partial charge in [-0.05, 0) is 35.9 Å². The van der Waals surface area contributed by atoms with E-state index in [0.717, 1.165) is 22.6 Å². The summed E-state index contributed by atoms with van der Waals surface area (Å²) < 4.78 is 5.72. The molecule has 1 aromatic heterocycles. The van der Waals surface area contributed by atoms with Crippen molar-refractivity contribution in [2.75, 3.05) is 0 Å². The van der Waals surface area contributed by atoms with Crippen LogP contribution in [-0.2, 0) is 6.61 Å². The van der Waals surface area contributed by atoms with Crippen LogP contribution in [-0.4, -0.2) is 10.2 Å². The van der Waals surface area contributed by atoms with Crippen LogP contribution < -0.4 is 10.3 Å². The predicted octanol–water partition coefficient (Wildman–Crippen LogP) is 3.02. The lowest BCUT2D eigenvalue weighted by Gasteiger charge is -2.07. The number of benzene rings is 2. The molecule has 1 N–H and O–H groups in total. The zero-order valence-corrected chi connectivity index (χ0v) is 11.3. The predicted molar refractivity (Wildman–Crippen MR) is 81.1 cm³/mol. The normalized spacial score (nSPS) is 10.3. The van der Waals surface area contributed by atoms with Gasteiger partial charge in [0.1, 0.15) is 12.4 Å². The van der Waals surface area contributed by atoms with E-state index < -0.39 is 0 Å². The molecule has 3 aromatic rings. The third-order valence-corrected chi connectivity index (χ3v) is 3.08. The molecule has 0 saturated heterocycles. The van der Waals surface area contributed by atoms with Crippen molar-refractivity contribution >= 4 is 0 Å². The maximum atomic E-state index is 11.0. The van der Waals surface area contributed by atoms with E-state index in [2.05, 4.69) is 10.2 Å². The molecule has 0 aliphatic rings. The number of H-pyrrole nitrogens is 1. The largest absolute Gasteiger partial charge is 0.489 e. The Bertz CT molecular complexity index is 744. The van der Waals surface area contributed by atoms with Crippen molar-refractivity contribution in [3.63, 3.8) is 0 Å². The van der Waals surface area contributed by atoms with Crippen LogP contribution in [0.3, 0.4) is 0 Å². The molecule has 0 atom stereocenters. The van der Waals surface area contributed by atoms with Gasteiger partial charge in [-0.1, -0.05) is 30.3 Å². The Hall–Kier alpha value is -2.88. The summed E-state index contributed by atoms with van der Waals surface area (Å²) in [4.78, 5) is 11.0. The van der Waals surface area contributed by atoms with Crippen LogP contribution in [0.15, 0.2) is 71.5 Å². The number of rotatable bonds is 4. The molecule has 4 nitrogen and oxygen atoms in total. The average Bonchev–Trinajstić information content (AvgIpc) is 2.55. The number of hydrogen-bond donors (Lipinski definition) is 1. The summed E-state index contributed by atoms with van der Waals surface area (Å²) in [7, 11) is 0. The number of nitrogens with one attached hydrogen (secondary N) is 1. The van der Waals surface area contributed by atoms with Crippen LogP contribution in [0.5, 0.6) is 5.75 Å². The maximum absolute atomic E-state index is 11.0. The van der Waals surface area contributed by atoms with Crippen molar-refractivity contribution in [3.05, 3.63) is 82.6 Å². The molecule has 21 heavy (non-hydrogen) atoms. The van der Waals surface area contributed by atoms with Crippen molar-refractivity contribution in [3.8, 4) is 17.0 Å². The molecule has 3 rings (SSSR count). The number of hydrogen-bond acceptors (Lipinski definition) is 3. The van der Waals surface area contributed by atoms with Crippen molar-refractivity contribution in [1.82, 2.24) is 10.2 Å². The van der Waals surface area contributed by atoms with Gasteiger partial charge in [0, 0.05) is 11.6 Å². The van der Waals surface area contributed by atoms with Gasteiger partial charge in [0.2, 0.25) is 0 Å². The van der Waals surface area contributed by atoms with Gasteiger partial charge in [-0.15, -0.1) is 0 Å². The van der Waals surface area contributed by atoms with E-state index in [9.17, 15) is 4.79 Å². The maximum Gasteiger partial charge on any atom is 0.264 e. The minimum Gasteiger partial charge on any atom is -0.489 e. The Kier molecular flexibility index (Phi) is 3.78. The van der Waals surface area contributed by atoms with Crippen molar-refractivity contribution < 1.29 is 4.74 Å². The zero-order chi connectivity index (χ0) is 14.5. The first-order valence-electron chi connectivity index (χ1n) is 6.64. The van der Waals surface area contributed by atoms with E-state index in [4.69, 9.17) is 4.74 Å². The molecule has 0 saturated carbocycles. The van der Waals surface area contributed by atoms with E-state index in [1.807, 2.05) is 54.6 Å². The van der Waals surface area contributed by atoms with Gasteiger partial charge < -0.3 is 4.74 Å².